The van der Waals surface area contributed by atoms with Crippen LogP contribution in [-0.2, 0) is 4.74 Å². The predicted molar refractivity (Wildman–Crippen MR) is 133 cm³/mol. The van der Waals surface area contributed by atoms with E-state index in [1.54, 1.807) is 4.90 Å². The van der Waals surface area contributed by atoms with Gasteiger partial charge in [0.1, 0.15) is 17.0 Å². The first-order valence-corrected chi connectivity index (χ1v) is 12.7. The Hall–Kier alpha value is -2.64. The molecule has 0 saturated carbocycles. The van der Waals surface area contributed by atoms with Crippen molar-refractivity contribution in [1.82, 2.24) is 4.98 Å². The Kier molecular flexibility index (Phi) is 8.18. The van der Waals surface area contributed by atoms with Gasteiger partial charge in [-0.05, 0) is 56.5 Å². The Morgan fingerprint density at radius 3 is 2.85 bits per heavy atom. The molecular weight excluding hydrogens is 436 g/mol. The van der Waals surface area contributed by atoms with Crippen LogP contribution in [0.2, 0.25) is 0 Å². The summed E-state index contributed by atoms with van der Waals surface area (Å²) in [5, 5.41) is 0.659. The number of ether oxygens (including phenoxy) is 3. The summed E-state index contributed by atoms with van der Waals surface area (Å²) in [4.78, 5) is 20.3. The van der Waals surface area contributed by atoms with Gasteiger partial charge in [-0.3, -0.25) is 9.69 Å². The SMILES string of the molecule is CCCCCOc1cccc(C(=O)N(CC2CCCO2)c2nc3c(OCC)cccc3s2)c1. The summed E-state index contributed by atoms with van der Waals surface area (Å²) in [6.45, 7) is 6.56. The van der Waals surface area contributed by atoms with E-state index < -0.39 is 0 Å². The molecule has 0 spiro atoms. The molecule has 0 N–H and O–H groups in total. The number of aromatic nitrogens is 1. The maximum absolute atomic E-state index is 13.7. The van der Waals surface area contributed by atoms with Crippen LogP contribution >= 0.6 is 11.3 Å². The van der Waals surface area contributed by atoms with Crippen LogP contribution in [0.3, 0.4) is 0 Å². The second-order valence-electron chi connectivity index (χ2n) is 8.17. The fraction of sp³-hybridized carbons (Fsp3) is 0.462. The van der Waals surface area contributed by atoms with Gasteiger partial charge in [0.2, 0.25) is 0 Å². The molecule has 2 aromatic carbocycles. The third kappa shape index (κ3) is 5.84. The average Bonchev–Trinajstić information content (AvgIpc) is 3.50. The van der Waals surface area contributed by atoms with Crippen molar-refractivity contribution in [3.05, 3.63) is 48.0 Å². The number of unbranched alkanes of at least 4 members (excludes halogenated alkanes) is 2. The highest BCUT2D eigenvalue weighted by molar-refractivity contribution is 7.22. The molecule has 0 radical (unpaired) electrons. The van der Waals surface area contributed by atoms with Crippen LogP contribution < -0.4 is 14.4 Å². The van der Waals surface area contributed by atoms with Gasteiger partial charge in [0, 0.05) is 12.2 Å². The van der Waals surface area contributed by atoms with E-state index in [4.69, 9.17) is 19.2 Å². The Balaban J connectivity index is 1.61. The first-order valence-electron chi connectivity index (χ1n) is 11.9. The van der Waals surface area contributed by atoms with E-state index in [2.05, 4.69) is 6.92 Å². The van der Waals surface area contributed by atoms with Gasteiger partial charge in [0.15, 0.2) is 5.13 Å². The van der Waals surface area contributed by atoms with Crippen LogP contribution in [0.15, 0.2) is 42.5 Å². The molecule has 1 aromatic heterocycles. The molecule has 4 rings (SSSR count). The lowest BCUT2D eigenvalue weighted by molar-refractivity contribution is 0.0917. The first-order chi connectivity index (χ1) is 16.2. The Bertz CT molecular complexity index is 1060. The topological polar surface area (TPSA) is 60.9 Å². The lowest BCUT2D eigenvalue weighted by Crippen LogP contribution is -2.37. The predicted octanol–water partition coefficient (Wildman–Crippen LogP) is 6.09. The van der Waals surface area contributed by atoms with Gasteiger partial charge in [-0.1, -0.05) is 43.2 Å². The summed E-state index contributed by atoms with van der Waals surface area (Å²) in [5.74, 6) is 1.36. The second-order valence-corrected chi connectivity index (χ2v) is 9.18. The van der Waals surface area contributed by atoms with Crippen LogP contribution in [-0.4, -0.2) is 43.4 Å². The molecule has 0 bridgehead atoms. The van der Waals surface area contributed by atoms with Gasteiger partial charge < -0.3 is 14.2 Å². The second kappa shape index (κ2) is 11.5. The number of anilines is 1. The number of carbonyl (C=O) groups excluding carboxylic acids is 1. The van der Waals surface area contributed by atoms with Gasteiger partial charge in [0.05, 0.1) is 30.6 Å². The van der Waals surface area contributed by atoms with Crippen molar-refractivity contribution in [3.8, 4) is 11.5 Å². The zero-order valence-electron chi connectivity index (χ0n) is 19.4. The molecule has 1 aliphatic heterocycles. The Morgan fingerprint density at radius 1 is 1.18 bits per heavy atom. The molecule has 1 aliphatic rings. The number of carbonyl (C=O) groups is 1. The number of nitrogens with zero attached hydrogens (tertiary/aromatic N) is 2. The van der Waals surface area contributed by atoms with Crippen molar-refractivity contribution in [1.29, 1.82) is 0 Å². The maximum atomic E-state index is 13.7. The number of benzene rings is 2. The Morgan fingerprint density at radius 2 is 2.06 bits per heavy atom. The summed E-state index contributed by atoms with van der Waals surface area (Å²) >= 11 is 1.50. The number of fused-ring (bicyclic) bond motifs is 1. The largest absolute Gasteiger partial charge is 0.494 e. The first kappa shape index (κ1) is 23.5. The molecule has 176 valence electrons. The summed E-state index contributed by atoms with van der Waals surface area (Å²) in [6, 6.07) is 13.3. The van der Waals surface area contributed by atoms with Gasteiger partial charge in [-0.15, -0.1) is 0 Å². The third-order valence-corrected chi connectivity index (χ3v) is 6.70. The van der Waals surface area contributed by atoms with Gasteiger partial charge in [-0.2, -0.15) is 0 Å². The van der Waals surface area contributed by atoms with E-state index in [1.165, 1.54) is 11.3 Å². The van der Waals surface area contributed by atoms with Crippen molar-refractivity contribution in [2.24, 2.45) is 0 Å². The number of thiazole rings is 1. The molecule has 1 unspecified atom stereocenters. The van der Waals surface area contributed by atoms with Gasteiger partial charge in [-0.25, -0.2) is 4.98 Å². The molecule has 2 heterocycles. The van der Waals surface area contributed by atoms with E-state index in [0.717, 1.165) is 60.4 Å². The highest BCUT2D eigenvalue weighted by atomic mass is 32.1. The summed E-state index contributed by atoms with van der Waals surface area (Å²) in [6.07, 6.45) is 5.26. The normalized spacial score (nSPS) is 15.6. The molecule has 7 heteroatoms. The van der Waals surface area contributed by atoms with Crippen LogP contribution in [0.25, 0.3) is 10.2 Å². The molecule has 6 nitrogen and oxygen atoms in total. The quantitative estimate of drug-likeness (QED) is 0.319. The molecule has 1 fully saturated rings. The van der Waals surface area contributed by atoms with E-state index in [0.29, 0.717) is 30.5 Å². The van der Waals surface area contributed by atoms with Crippen molar-refractivity contribution >= 4 is 32.6 Å². The third-order valence-electron chi connectivity index (χ3n) is 5.65. The molecule has 1 amide bonds. The van der Waals surface area contributed by atoms with E-state index in [-0.39, 0.29) is 12.0 Å². The van der Waals surface area contributed by atoms with E-state index in [1.807, 2.05) is 49.4 Å². The summed E-state index contributed by atoms with van der Waals surface area (Å²) in [7, 11) is 0. The molecule has 1 atom stereocenters. The molecule has 33 heavy (non-hydrogen) atoms. The maximum Gasteiger partial charge on any atom is 0.260 e. The van der Waals surface area contributed by atoms with E-state index in [9.17, 15) is 4.79 Å². The minimum atomic E-state index is -0.0958. The lowest BCUT2D eigenvalue weighted by Gasteiger charge is -2.23. The highest BCUT2D eigenvalue weighted by Crippen LogP contribution is 2.35. The highest BCUT2D eigenvalue weighted by Gasteiger charge is 2.27. The molecule has 1 saturated heterocycles. The summed E-state index contributed by atoms with van der Waals surface area (Å²) in [5.41, 5.74) is 1.38. The lowest BCUT2D eigenvalue weighted by atomic mass is 10.1. The smallest absolute Gasteiger partial charge is 0.260 e. The minimum Gasteiger partial charge on any atom is -0.494 e. The summed E-state index contributed by atoms with van der Waals surface area (Å²) < 4.78 is 18.5. The number of amides is 1. The van der Waals surface area contributed by atoms with Crippen LogP contribution in [0.1, 0.15) is 56.3 Å². The van der Waals surface area contributed by atoms with Crippen molar-refractivity contribution < 1.29 is 19.0 Å². The molecule has 3 aromatic rings. The standard InChI is InChI=1S/C26H32N2O4S/c1-3-5-6-15-31-20-11-7-10-19(17-20)25(29)28(18-21-12-9-16-32-21)26-27-24-22(30-4-2)13-8-14-23(24)33-26/h7-8,10-11,13-14,17,21H,3-6,9,12,15-16,18H2,1-2H3. The zero-order chi connectivity index (χ0) is 23.0. The van der Waals surface area contributed by atoms with Crippen molar-refractivity contribution in [3.63, 3.8) is 0 Å². The van der Waals surface area contributed by atoms with Crippen LogP contribution in [0.5, 0.6) is 11.5 Å². The number of hydrogen-bond donors (Lipinski definition) is 0. The van der Waals surface area contributed by atoms with Gasteiger partial charge >= 0.3 is 0 Å². The fourth-order valence-electron chi connectivity index (χ4n) is 3.96. The molecule has 0 aliphatic carbocycles. The van der Waals surface area contributed by atoms with Crippen LogP contribution in [0, 0.1) is 0 Å². The fourth-order valence-corrected chi connectivity index (χ4v) is 4.95. The number of para-hydroxylation sites is 1. The monoisotopic (exact) mass is 468 g/mol. The Labute approximate surface area is 199 Å². The molecular formula is C26H32N2O4S. The minimum absolute atomic E-state index is 0.0146. The zero-order valence-corrected chi connectivity index (χ0v) is 20.2. The average molecular weight is 469 g/mol. The van der Waals surface area contributed by atoms with Crippen molar-refractivity contribution in [2.75, 3.05) is 31.3 Å². The van der Waals surface area contributed by atoms with Gasteiger partial charge in [0.25, 0.3) is 5.91 Å². The number of rotatable bonds is 11. The van der Waals surface area contributed by atoms with E-state index >= 15 is 0 Å². The van der Waals surface area contributed by atoms with Crippen LogP contribution in [0.4, 0.5) is 5.13 Å². The number of hydrogen-bond acceptors (Lipinski definition) is 6. The van der Waals surface area contributed by atoms with Crippen molar-refractivity contribution in [2.45, 2.75) is 52.1 Å².